The Morgan fingerprint density at radius 1 is 0.341 bits per heavy atom. The molecule has 0 amide bonds. The Hall–Kier alpha value is 1.04. The van der Waals surface area contributed by atoms with E-state index in [0.717, 1.165) is 103 Å². The van der Waals surface area contributed by atoms with Crippen LogP contribution in [0.25, 0.3) is 0 Å². The van der Waals surface area contributed by atoms with Crippen molar-refractivity contribution in [3.8, 4) is 0 Å². The van der Waals surface area contributed by atoms with Gasteiger partial charge in [-0.15, -0.1) is 0 Å². The van der Waals surface area contributed by atoms with E-state index in [1.54, 1.807) is 5.56 Å². The molecule has 0 saturated heterocycles. The molecule has 6 fully saturated rings. The first-order chi connectivity index (χ1) is 61.0. The molecule has 13 rings (SSSR count). The third-order valence-electron chi connectivity index (χ3n) is 31.1. The predicted molar refractivity (Wildman–Crippen MR) is 601 cm³/mol. The van der Waals surface area contributed by atoms with Crippen LogP contribution in [0.4, 0.5) is 5.69 Å². The Morgan fingerprint density at radius 2 is 0.607 bits per heavy atom. The average molecular weight is 2260 g/mol. The minimum atomic E-state index is -1.92. The zero-order valence-electron chi connectivity index (χ0n) is 90.4. The molecule has 18 atom stereocenters. The van der Waals surface area contributed by atoms with Crippen molar-refractivity contribution in [3.63, 3.8) is 0 Å². The summed E-state index contributed by atoms with van der Waals surface area (Å²) in [5.41, 5.74) is 7.98. The van der Waals surface area contributed by atoms with E-state index in [4.69, 9.17) is 74.8 Å². The molecule has 1 aromatic carbocycles. The van der Waals surface area contributed by atoms with Crippen LogP contribution in [0.3, 0.4) is 0 Å². The first-order valence-corrected chi connectivity index (χ1v) is 76.6. The molecule has 17 heteroatoms. The number of benzene rings is 1. The van der Waals surface area contributed by atoms with Gasteiger partial charge >= 0.3 is 114 Å². The van der Waals surface area contributed by atoms with Gasteiger partial charge in [-0.1, -0.05) is 333 Å². The molecule has 0 spiro atoms. The van der Waals surface area contributed by atoms with Crippen molar-refractivity contribution in [1.29, 1.82) is 0 Å². The van der Waals surface area contributed by atoms with E-state index in [9.17, 15) is 0 Å². The van der Waals surface area contributed by atoms with Crippen LogP contribution in [0, 0.1) is 134 Å². The molecule has 0 aromatic heterocycles. The predicted octanol–water partition coefficient (Wildman–Crippen LogP) is 39.3. The van der Waals surface area contributed by atoms with Gasteiger partial charge in [-0.3, -0.25) is 0 Å². The van der Waals surface area contributed by atoms with Crippen LogP contribution in [0.5, 0.6) is 0 Å². The van der Waals surface area contributed by atoms with Crippen LogP contribution >= 0.6 is 51.1 Å². The number of allylic oxidation sites excluding steroid dienone is 19. The zero-order valence-corrected chi connectivity index (χ0v) is 104. The van der Waals surface area contributed by atoms with Crippen molar-refractivity contribution < 1.29 is 86.2 Å². The zero-order chi connectivity index (χ0) is 93.6. The van der Waals surface area contributed by atoms with Crippen molar-refractivity contribution >= 4 is 72.9 Å². The molecular weight excluding hydrogens is 2050 g/mol. The normalized spacial score (nSPS) is 26.8. The molecule has 1 heterocycles. The molecule has 12 aliphatic rings. The van der Waals surface area contributed by atoms with Gasteiger partial charge in [0.1, 0.15) is 0 Å². The average Bonchev–Trinajstić information content (AvgIpc) is 1.53. The molecule has 6 saturated carbocycles. The number of halogens is 6. The van der Waals surface area contributed by atoms with Gasteiger partial charge in [-0.05, 0) is 279 Å². The second-order valence-electron chi connectivity index (χ2n) is 46.2. The van der Waals surface area contributed by atoms with Crippen molar-refractivity contribution in [1.82, 2.24) is 0 Å². The number of hydrogen-bond acceptors (Lipinski definition) is 6. The number of hydrogen-bond donors (Lipinski definition) is 0. The van der Waals surface area contributed by atoms with Gasteiger partial charge in [-0.2, -0.15) is 0 Å². The third-order valence-corrected chi connectivity index (χ3v) is 42.1. The summed E-state index contributed by atoms with van der Waals surface area (Å²) in [5.74, 6) is 11.5. The Balaban J connectivity index is 0.00000183. The Morgan fingerprint density at radius 3 is 0.926 bits per heavy atom. The van der Waals surface area contributed by atoms with E-state index >= 15 is 0 Å². The van der Waals surface area contributed by atoms with E-state index < -0.39 is 78.7 Å². The van der Waals surface area contributed by atoms with Crippen molar-refractivity contribution in [2.45, 2.75) is 424 Å². The summed E-state index contributed by atoms with van der Waals surface area (Å²) in [4.78, 5) is 2.69. The summed E-state index contributed by atoms with van der Waals surface area (Å²) in [6.07, 6.45) is 97.2. The number of nitrogens with zero attached hydrogens (tertiary/aromatic N) is 1. The Kier molecular flexibility index (Phi) is 70.6. The van der Waals surface area contributed by atoms with Gasteiger partial charge in [0, 0.05) is 63.6 Å². The molecule has 0 radical (unpaired) electrons. The SMILES string of the molecule is C.CC(C)(C)OCCCCCCC1CC([Si](C)(C)C2CC(CCCCCCOC(C)(C)C)C3C=CC=CC32)C2C=CC=CC12.CC(C)(C)OCCCCCCC1CCCC1.CC(C)(C)OCCCCCCC1CCCC1.Cc1ccc2c(c1)C1C(C3C=CC=CC3C1[Si](C)(CCCCCCOC(C)(C)C)C1C3C=CC=CC3C3C=CC=CC31)N2C.[CH3-].[CH3-].[CH3-].[CH3-].[CH3-].[CH3-].[Cl][Zr+2][Cl].[Cl][Zr+2][Cl].[Cl][Zr+2][Cl]. The Labute approximate surface area is 897 Å². The van der Waals surface area contributed by atoms with E-state index in [0.29, 0.717) is 47.5 Å². The molecule has 774 valence electrons. The van der Waals surface area contributed by atoms with Crippen LogP contribution in [-0.2, 0) is 86.2 Å². The van der Waals surface area contributed by atoms with Crippen LogP contribution in [-0.4, -0.2) is 90.3 Å². The maximum atomic E-state index is 6.08. The van der Waals surface area contributed by atoms with Gasteiger partial charge < -0.3 is 73.1 Å². The molecule has 1 aliphatic heterocycles. The van der Waals surface area contributed by atoms with Crippen molar-refractivity contribution in [2.75, 3.05) is 45.0 Å². The number of rotatable bonds is 39. The van der Waals surface area contributed by atoms with E-state index in [-0.39, 0.29) is 80.0 Å². The standard InChI is InChI=1S/C41H55NOSi.C40H68O2Si.2C15H30O.CH4.6CH3.6ClH.3Zr/c1-28-23-24-36-35(27-28)37-38(42(36)5)31-19-11-14-22-34(31)40(37)44(6,26-16-8-7-15-25-43-41(2,3)4)39-32-20-12-9-17-29(32)30-18-10-13-21-33(30)39;1-39(2,3)41-27-19-11-9-13-21-31-29-37(35-25-17-15-23-33(31)35)43(7,8)38-30-32(34-24-16-18-26-36(34)38)22-14-10-12-20-28-42-40(4,5)6;2*1-15(2,3)16-13-9-5-4-6-10-14-11-7-8-12-14;;;;;;;;;;;;;;;;/h9-14,17-24,27,29-34,37-40H,7-8,15-16,25-26H2,1-6H3;15-18,23-26,31-38H,9-14,19-22,27-30H2,1-8H3;2*14H,4-13H2,1-3H3;1H4;6*1H3;6*1H;;;/q;;;;;6*-1;;;;;;;3*+4/p-6. The first-order valence-electron chi connectivity index (χ1n) is 51.6. The molecule has 11 aliphatic carbocycles. The molecule has 135 heavy (non-hydrogen) atoms. The number of ether oxygens (including phenoxy) is 5. The summed E-state index contributed by atoms with van der Waals surface area (Å²) < 4.78 is 29.4. The number of fused-ring (bicyclic) bond motifs is 10. The summed E-state index contributed by atoms with van der Waals surface area (Å²) in [5, 5.41) is 0. The van der Waals surface area contributed by atoms with Gasteiger partial charge in [0.25, 0.3) is 0 Å². The van der Waals surface area contributed by atoms with E-state index in [2.05, 4.69) is 282 Å². The van der Waals surface area contributed by atoms with Crippen molar-refractivity contribution in [3.05, 3.63) is 195 Å². The summed E-state index contributed by atoms with van der Waals surface area (Å²) >= 11 is -2.48. The van der Waals surface area contributed by atoms with Gasteiger partial charge in [0.2, 0.25) is 0 Å². The summed E-state index contributed by atoms with van der Waals surface area (Å²) in [6.45, 7) is 47.7. The van der Waals surface area contributed by atoms with E-state index in [1.807, 2.05) is 0 Å². The van der Waals surface area contributed by atoms with Gasteiger partial charge in [0.15, 0.2) is 0 Å². The fourth-order valence-corrected chi connectivity index (χ4v) is 37.4. The van der Waals surface area contributed by atoms with E-state index in [1.165, 1.54) is 236 Å². The summed E-state index contributed by atoms with van der Waals surface area (Å²) in [7, 11) is 28.6. The van der Waals surface area contributed by atoms with Crippen LogP contribution in [0.15, 0.2) is 140 Å². The molecular formula is C118H205Cl6NO5Si2Zr3. The minimum absolute atomic E-state index is 0. The number of anilines is 1. The fraction of sp³-hybridized carbons (Fsp3) is 0.729. The van der Waals surface area contributed by atoms with Crippen LogP contribution in [0.1, 0.15) is 347 Å². The Bertz CT molecular complexity index is 3400. The van der Waals surface area contributed by atoms with Gasteiger partial charge in [0.05, 0.1) is 44.2 Å². The number of unbranched alkanes of at least 4 members (excludes halogenated alkanes) is 15. The number of aryl methyl sites for hydroxylation is 1. The van der Waals surface area contributed by atoms with Crippen LogP contribution in [0.2, 0.25) is 47.8 Å². The fourth-order valence-electron chi connectivity index (χ4n) is 25.4. The topological polar surface area (TPSA) is 49.4 Å². The maximum absolute atomic E-state index is 6.08. The molecule has 1 aromatic rings. The molecule has 6 nitrogen and oxygen atoms in total. The van der Waals surface area contributed by atoms with Gasteiger partial charge in [-0.25, -0.2) is 0 Å². The second-order valence-corrected chi connectivity index (χ2v) is 67.4. The molecule has 0 bridgehead atoms. The van der Waals surface area contributed by atoms with Crippen molar-refractivity contribution in [2.24, 2.45) is 82.9 Å². The quantitative estimate of drug-likeness (QED) is 0.0372. The monoisotopic (exact) mass is 2250 g/mol. The first kappa shape index (κ1) is 136. The molecule has 0 N–H and O–H groups in total. The third kappa shape index (κ3) is 46.4. The number of likely N-dealkylation sites (N-methyl/N-ethyl adjacent to an activating group) is 1. The summed E-state index contributed by atoms with van der Waals surface area (Å²) in [6, 6.07) is 9.36. The van der Waals surface area contributed by atoms with Crippen LogP contribution < -0.4 is 4.90 Å². The second kappa shape index (κ2) is 70.1. The molecule has 18 unspecified atom stereocenters.